The summed E-state index contributed by atoms with van der Waals surface area (Å²) >= 11 is 0. The second-order valence-electron chi connectivity index (χ2n) is 23.8. The van der Waals surface area contributed by atoms with E-state index in [1.807, 2.05) is 0 Å². The van der Waals surface area contributed by atoms with Gasteiger partial charge < -0.3 is 29.1 Å². The van der Waals surface area contributed by atoms with Crippen LogP contribution in [-0.2, 0) is 40.9 Å². The lowest BCUT2D eigenvalue weighted by Crippen LogP contribution is -2.48. The van der Waals surface area contributed by atoms with E-state index >= 15 is 0 Å². The fourth-order valence-corrected chi connectivity index (χ4v) is 12.5. The molecule has 0 N–H and O–H groups in total. The van der Waals surface area contributed by atoms with Crippen molar-refractivity contribution in [2.45, 2.75) is 128 Å². The average Bonchev–Trinajstić information content (AvgIpc) is 3.01. The first kappa shape index (κ1) is 65.6. The lowest BCUT2D eigenvalue weighted by atomic mass is 9.72. The number of amides is 2. The second-order valence-corrected chi connectivity index (χ2v) is 23.8. The summed E-state index contributed by atoms with van der Waals surface area (Å²) in [5, 5.41) is 21.8. The van der Waals surface area contributed by atoms with E-state index in [2.05, 4.69) is 165 Å². The van der Waals surface area contributed by atoms with Gasteiger partial charge in [-0.3, -0.25) is 20.2 Å². The van der Waals surface area contributed by atoms with Gasteiger partial charge in [-0.2, -0.15) is 0 Å². The van der Waals surface area contributed by atoms with Crippen molar-refractivity contribution < 1.29 is 28.9 Å². The van der Waals surface area contributed by atoms with Crippen LogP contribution < -0.4 is 0 Å². The van der Waals surface area contributed by atoms with Crippen molar-refractivity contribution in [1.29, 1.82) is 0 Å². The largest absolute Gasteiger partial charge is 0.445 e. The molecule has 0 aliphatic carbocycles. The predicted octanol–water partition coefficient (Wildman–Crippen LogP) is 15.8. The number of rotatable bonds is 29. The van der Waals surface area contributed by atoms with Gasteiger partial charge in [0, 0.05) is 75.6 Å². The molecule has 6 aromatic rings. The molecule has 2 aliphatic heterocycles. The van der Waals surface area contributed by atoms with E-state index in [9.17, 15) is 29.8 Å². The van der Waals surface area contributed by atoms with Crippen molar-refractivity contribution in [1.82, 2.24) is 19.6 Å². The van der Waals surface area contributed by atoms with Crippen molar-refractivity contribution in [2.75, 3.05) is 52.4 Å². The minimum absolute atomic E-state index is 0.0147. The van der Waals surface area contributed by atoms with Crippen LogP contribution in [0.1, 0.15) is 118 Å². The molecule has 0 spiro atoms. The van der Waals surface area contributed by atoms with Gasteiger partial charge in [0.25, 0.3) is 11.4 Å². The summed E-state index contributed by atoms with van der Waals surface area (Å²) in [7, 11) is 0. The molecule has 14 heteroatoms. The lowest BCUT2D eigenvalue weighted by Gasteiger charge is -2.40. The molecule has 0 saturated carbocycles. The number of hydrogen-bond acceptors (Lipinski definition) is 10. The van der Waals surface area contributed by atoms with Crippen LogP contribution in [0.25, 0.3) is 0 Å². The molecule has 2 amide bonds. The van der Waals surface area contributed by atoms with Crippen LogP contribution in [0.4, 0.5) is 21.0 Å². The molecular formula is C72H90N6O8. The Kier molecular flexibility index (Phi) is 26.1. The van der Waals surface area contributed by atoms with Crippen LogP contribution in [0.5, 0.6) is 0 Å². The normalized spacial score (nSPS) is 15.8. The smallest absolute Gasteiger partial charge is 0.410 e. The number of hydrogen-bond donors (Lipinski definition) is 0. The Morgan fingerprint density at radius 2 is 1.02 bits per heavy atom. The van der Waals surface area contributed by atoms with E-state index in [4.69, 9.17) is 9.47 Å². The maximum absolute atomic E-state index is 13.0. The second kappa shape index (κ2) is 34.3. The molecule has 456 valence electrons. The number of ether oxygens (including phenoxy) is 2. The number of likely N-dealkylation sites (tertiary alicyclic amines) is 2. The average molecular weight is 1170 g/mol. The van der Waals surface area contributed by atoms with Crippen molar-refractivity contribution in [3.63, 3.8) is 0 Å². The molecule has 4 unspecified atom stereocenters. The van der Waals surface area contributed by atoms with Gasteiger partial charge in [0.05, 0.1) is 9.85 Å². The number of non-ortho nitro benzene ring substituents is 2. The first-order chi connectivity index (χ1) is 41.7. The van der Waals surface area contributed by atoms with Gasteiger partial charge >= 0.3 is 12.2 Å². The van der Waals surface area contributed by atoms with E-state index in [0.29, 0.717) is 36.4 Å². The van der Waals surface area contributed by atoms with Crippen molar-refractivity contribution in [2.24, 2.45) is 11.8 Å². The third-order valence-electron chi connectivity index (χ3n) is 17.4. The summed E-state index contributed by atoms with van der Waals surface area (Å²) < 4.78 is 11.2. The van der Waals surface area contributed by atoms with Gasteiger partial charge in [0.1, 0.15) is 13.2 Å². The van der Waals surface area contributed by atoms with Crippen LogP contribution in [0, 0.1) is 32.1 Å². The summed E-state index contributed by atoms with van der Waals surface area (Å²) in [6, 6.07) is 55.9. The summed E-state index contributed by atoms with van der Waals surface area (Å²) in [5.74, 6) is 1.71. The van der Waals surface area contributed by atoms with Crippen LogP contribution in [-0.4, -0.2) is 106 Å². The zero-order valence-electron chi connectivity index (χ0n) is 50.9. The molecule has 2 saturated heterocycles. The Morgan fingerprint density at radius 1 is 0.605 bits per heavy atom. The van der Waals surface area contributed by atoms with Crippen LogP contribution >= 0.6 is 0 Å². The van der Waals surface area contributed by atoms with Crippen LogP contribution in [0.15, 0.2) is 195 Å². The number of carbonyl (C=O) groups excluding carboxylic acids is 2. The quantitative estimate of drug-likeness (QED) is 0.0252. The maximum Gasteiger partial charge on any atom is 0.410 e. The Bertz CT molecular complexity index is 2990. The van der Waals surface area contributed by atoms with Crippen LogP contribution in [0.2, 0.25) is 0 Å². The summed E-state index contributed by atoms with van der Waals surface area (Å²) in [4.78, 5) is 55.6. The fourth-order valence-electron chi connectivity index (χ4n) is 12.5. The zero-order chi connectivity index (χ0) is 61.1. The summed E-state index contributed by atoms with van der Waals surface area (Å²) in [5.41, 5.74) is 7.17. The molecule has 2 heterocycles. The van der Waals surface area contributed by atoms with Gasteiger partial charge in [0.2, 0.25) is 0 Å². The highest BCUT2D eigenvalue weighted by molar-refractivity contribution is 5.69. The molecule has 0 radical (unpaired) electrons. The molecule has 8 rings (SSSR count). The number of nitrogens with zero attached hydrogens (tertiary/aromatic N) is 6. The Labute approximate surface area is 510 Å². The highest BCUT2D eigenvalue weighted by Gasteiger charge is 2.33. The first-order valence-electron chi connectivity index (χ1n) is 30.9. The Morgan fingerprint density at radius 3 is 1.45 bits per heavy atom. The highest BCUT2D eigenvalue weighted by atomic mass is 16.6. The van der Waals surface area contributed by atoms with E-state index in [0.717, 1.165) is 103 Å². The first-order valence-corrected chi connectivity index (χ1v) is 30.9. The minimum Gasteiger partial charge on any atom is -0.445 e. The minimum atomic E-state index is -0.442. The van der Waals surface area contributed by atoms with E-state index in [-0.39, 0.29) is 54.3 Å². The molecule has 6 aromatic carbocycles. The van der Waals surface area contributed by atoms with Gasteiger partial charge in [-0.25, -0.2) is 9.59 Å². The van der Waals surface area contributed by atoms with E-state index in [1.165, 1.54) is 59.4 Å². The maximum atomic E-state index is 13.0. The van der Waals surface area contributed by atoms with Crippen molar-refractivity contribution in [3.05, 3.63) is 249 Å². The molecule has 14 nitrogen and oxygen atoms in total. The number of carbonyl (C=O) groups is 2. The molecule has 2 fully saturated rings. The lowest BCUT2D eigenvalue weighted by molar-refractivity contribution is -0.385. The standard InChI is InChI=1S/2C36H45N3O4/c1-4-22-38(35(40)43-28-31-15-17-34(18-16-31)39(41)42)33-19-23-37(24-20-33)25-21-36(3,32-13-9-6-10-14-32)27-29(2)26-30-11-7-5-8-12-30;1-3-22-38(36(40)43-28-31-15-17-35(18-16-31)39(41)42)34-20-24-37(25-21-34)23-19-33(32-13-9-6-10-14-32)27-29(4-2)26-30-11-7-5-8-12-30/h4-18,29,33H,1,19-28H2,2-3H3;3,5-18,29,33-34H,1,4,19-28H2,2H3. The highest BCUT2D eigenvalue weighted by Crippen LogP contribution is 2.37. The predicted molar refractivity (Wildman–Crippen MR) is 344 cm³/mol. The number of piperidine rings is 2. The van der Waals surface area contributed by atoms with Gasteiger partial charge in [-0.1, -0.05) is 161 Å². The number of benzene rings is 6. The van der Waals surface area contributed by atoms with Gasteiger partial charge in [-0.15, -0.1) is 13.2 Å². The molecule has 0 bridgehead atoms. The third-order valence-corrected chi connectivity index (χ3v) is 17.4. The fraction of sp³-hybridized carbons (Fsp3) is 0.417. The van der Waals surface area contributed by atoms with E-state index in [1.54, 1.807) is 46.2 Å². The monoisotopic (exact) mass is 1170 g/mol. The SMILES string of the molecule is C=CCN(C(=O)OCc1ccc([N+](=O)[O-])cc1)C1CCN(CCC(C)(CC(C)Cc2ccccc2)c2ccccc2)CC1.C=CCN(C(=O)OCc1ccc([N+](=O)[O-])cc1)C1CCN(CCC(CC(CC)Cc2ccccc2)c2ccccc2)CC1. The number of nitro benzene ring substituents is 2. The summed E-state index contributed by atoms with van der Waals surface area (Å²) in [6.45, 7) is 21.6. The Hall–Kier alpha value is -7.94. The zero-order valence-corrected chi connectivity index (χ0v) is 50.9. The molecule has 4 atom stereocenters. The van der Waals surface area contributed by atoms with Crippen molar-refractivity contribution >= 4 is 23.6 Å². The van der Waals surface area contributed by atoms with Gasteiger partial charge in [-0.05, 0) is 158 Å². The summed E-state index contributed by atoms with van der Waals surface area (Å²) in [6.07, 6.45) is 14.1. The molecule has 0 aromatic heterocycles. The molecule has 86 heavy (non-hydrogen) atoms. The van der Waals surface area contributed by atoms with Gasteiger partial charge in [0.15, 0.2) is 0 Å². The van der Waals surface area contributed by atoms with Crippen molar-refractivity contribution in [3.8, 4) is 0 Å². The molecular weight excluding hydrogens is 1080 g/mol. The van der Waals surface area contributed by atoms with Crippen LogP contribution in [0.3, 0.4) is 0 Å². The third kappa shape index (κ3) is 20.6. The molecule has 2 aliphatic rings. The Balaban J connectivity index is 0.000000246. The topological polar surface area (TPSA) is 152 Å². The number of nitro groups is 2. The van der Waals surface area contributed by atoms with E-state index < -0.39 is 9.85 Å².